The number of aryl methyl sites for hydroxylation is 2. The number of rotatable bonds is 6. The van der Waals surface area contributed by atoms with Gasteiger partial charge in [-0.1, -0.05) is 35.3 Å². The molecule has 0 saturated heterocycles. The fourth-order valence-electron chi connectivity index (χ4n) is 2.96. The normalized spacial score (nSPS) is 11.1. The summed E-state index contributed by atoms with van der Waals surface area (Å²) >= 11 is 12.3. The summed E-state index contributed by atoms with van der Waals surface area (Å²) in [7, 11) is -2.86. The van der Waals surface area contributed by atoms with Gasteiger partial charge in [0.05, 0.1) is 34.1 Å². The van der Waals surface area contributed by atoms with Gasteiger partial charge in [-0.15, -0.1) is 0 Å². The van der Waals surface area contributed by atoms with Gasteiger partial charge in [-0.25, -0.2) is 13.2 Å². The van der Waals surface area contributed by atoms with Crippen LogP contribution in [0.1, 0.15) is 31.8 Å². The van der Waals surface area contributed by atoms with Gasteiger partial charge in [0.1, 0.15) is 4.90 Å². The summed E-state index contributed by atoms with van der Waals surface area (Å²) < 4.78 is 33.2. The van der Waals surface area contributed by atoms with E-state index in [-0.39, 0.29) is 31.8 Å². The molecule has 1 amide bonds. The number of esters is 1. The van der Waals surface area contributed by atoms with Crippen LogP contribution in [-0.2, 0) is 14.8 Å². The average molecular weight is 507 g/mol. The quantitative estimate of drug-likeness (QED) is 0.432. The number of hydrogen-bond acceptors (Lipinski definition) is 5. The summed E-state index contributed by atoms with van der Waals surface area (Å²) in [4.78, 5) is 24.3. The summed E-state index contributed by atoms with van der Waals surface area (Å²) in [5, 5.41) is 2.72. The van der Waals surface area contributed by atoms with Crippen LogP contribution in [-0.4, -0.2) is 27.4 Å². The van der Waals surface area contributed by atoms with Crippen LogP contribution in [0.4, 0.5) is 11.4 Å². The minimum absolute atomic E-state index is 0.0280. The van der Waals surface area contributed by atoms with Gasteiger partial charge in [-0.3, -0.25) is 9.52 Å². The molecular formula is C23H20Cl2N2O5S. The molecule has 0 aliphatic heterocycles. The number of anilines is 2. The molecule has 0 aliphatic rings. The molecule has 2 N–H and O–H groups in total. The number of ether oxygens (including phenoxy) is 1. The Balaban J connectivity index is 1.92. The fourth-order valence-corrected chi connectivity index (χ4v) is 4.77. The minimum atomic E-state index is -4.09. The Morgan fingerprint density at radius 3 is 2.21 bits per heavy atom. The molecule has 0 unspecified atom stereocenters. The zero-order chi connectivity index (χ0) is 24.3. The molecule has 172 valence electrons. The van der Waals surface area contributed by atoms with Gasteiger partial charge in [-0.2, -0.15) is 0 Å². The highest BCUT2D eigenvalue weighted by atomic mass is 35.5. The van der Waals surface area contributed by atoms with Gasteiger partial charge < -0.3 is 10.1 Å². The first-order valence-corrected chi connectivity index (χ1v) is 11.8. The van der Waals surface area contributed by atoms with Crippen LogP contribution in [0.3, 0.4) is 0 Å². The predicted octanol–water partition coefficient (Wildman–Crippen LogP) is 5.45. The number of amides is 1. The maximum Gasteiger partial charge on any atom is 0.337 e. The third kappa shape index (κ3) is 5.65. The Morgan fingerprint density at radius 1 is 0.848 bits per heavy atom. The van der Waals surface area contributed by atoms with Crippen LogP contribution in [0.15, 0.2) is 59.5 Å². The van der Waals surface area contributed by atoms with Crippen LogP contribution in [0.2, 0.25) is 10.0 Å². The highest BCUT2D eigenvalue weighted by Crippen LogP contribution is 2.28. The molecule has 0 bridgehead atoms. The molecular weight excluding hydrogens is 487 g/mol. The number of benzene rings is 3. The standard InChI is InChI=1S/C23H20Cl2N2O5S/c1-13-4-5-14(2)19(10-13)27-33(30,31)21-12-15(6-9-18(21)25)22(28)26-20-11-16(23(29)32-3)7-8-17(20)24/h4-12,27H,1-3H3,(H,26,28). The van der Waals surface area contributed by atoms with Gasteiger partial charge >= 0.3 is 5.97 Å². The summed E-state index contributed by atoms with van der Waals surface area (Å²) in [6.07, 6.45) is 0. The predicted molar refractivity (Wildman–Crippen MR) is 129 cm³/mol. The molecule has 10 heteroatoms. The molecule has 3 aromatic carbocycles. The Bertz CT molecular complexity index is 1360. The topological polar surface area (TPSA) is 102 Å². The molecule has 0 aromatic heterocycles. The molecule has 0 saturated carbocycles. The van der Waals surface area contributed by atoms with Crippen molar-refractivity contribution in [1.82, 2.24) is 0 Å². The maximum atomic E-state index is 13.0. The van der Waals surface area contributed by atoms with Crippen LogP contribution in [0.25, 0.3) is 0 Å². The van der Waals surface area contributed by atoms with Crippen molar-refractivity contribution >= 4 is 56.5 Å². The number of carbonyl (C=O) groups is 2. The van der Waals surface area contributed by atoms with Gasteiger partial charge in [0.25, 0.3) is 15.9 Å². The van der Waals surface area contributed by atoms with Crippen LogP contribution in [0, 0.1) is 13.8 Å². The van der Waals surface area contributed by atoms with E-state index in [1.807, 2.05) is 13.0 Å². The van der Waals surface area contributed by atoms with Crippen molar-refractivity contribution in [3.05, 3.63) is 86.9 Å². The van der Waals surface area contributed by atoms with Crippen LogP contribution < -0.4 is 10.0 Å². The fraction of sp³-hybridized carbons (Fsp3) is 0.130. The van der Waals surface area contributed by atoms with E-state index in [0.717, 1.165) is 11.1 Å². The first-order chi connectivity index (χ1) is 15.5. The highest BCUT2D eigenvalue weighted by molar-refractivity contribution is 7.92. The first-order valence-electron chi connectivity index (χ1n) is 9.60. The number of hydrogen-bond donors (Lipinski definition) is 2. The molecule has 0 spiro atoms. The monoisotopic (exact) mass is 506 g/mol. The van der Waals surface area contributed by atoms with Gasteiger partial charge in [-0.05, 0) is 67.4 Å². The smallest absolute Gasteiger partial charge is 0.337 e. The van der Waals surface area contributed by atoms with E-state index in [9.17, 15) is 18.0 Å². The van der Waals surface area contributed by atoms with Crippen LogP contribution in [0.5, 0.6) is 0 Å². The summed E-state index contributed by atoms with van der Waals surface area (Å²) in [6.45, 7) is 3.62. The third-order valence-electron chi connectivity index (χ3n) is 4.76. The number of carbonyl (C=O) groups excluding carboxylic acids is 2. The van der Waals surface area contributed by atoms with Crippen molar-refractivity contribution in [3.8, 4) is 0 Å². The summed E-state index contributed by atoms with van der Waals surface area (Å²) in [5.74, 6) is -1.24. The van der Waals surface area contributed by atoms with E-state index < -0.39 is 21.9 Å². The van der Waals surface area contributed by atoms with Gasteiger partial charge in [0.2, 0.25) is 0 Å². The number of nitrogens with one attached hydrogen (secondary N) is 2. The van der Waals surface area contributed by atoms with E-state index in [1.165, 1.54) is 43.5 Å². The van der Waals surface area contributed by atoms with E-state index >= 15 is 0 Å². The summed E-state index contributed by atoms with van der Waals surface area (Å²) in [5.41, 5.74) is 2.40. The molecule has 7 nitrogen and oxygen atoms in total. The van der Waals surface area contributed by atoms with E-state index in [2.05, 4.69) is 14.8 Å². The molecule has 0 atom stereocenters. The third-order valence-corrected chi connectivity index (χ3v) is 6.93. The summed E-state index contributed by atoms with van der Waals surface area (Å²) in [6, 6.07) is 13.5. The molecule has 3 rings (SSSR count). The minimum Gasteiger partial charge on any atom is -0.465 e. The number of sulfonamides is 1. The largest absolute Gasteiger partial charge is 0.465 e. The van der Waals surface area contributed by atoms with E-state index in [4.69, 9.17) is 23.2 Å². The molecule has 0 heterocycles. The zero-order valence-corrected chi connectivity index (χ0v) is 20.2. The Hall–Kier alpha value is -3.07. The van der Waals surface area contributed by atoms with Crippen molar-refractivity contribution in [2.75, 3.05) is 17.1 Å². The Labute approximate surface area is 201 Å². The molecule has 0 aliphatic carbocycles. The molecule has 0 radical (unpaired) electrons. The van der Waals surface area contributed by atoms with Crippen molar-refractivity contribution in [2.24, 2.45) is 0 Å². The van der Waals surface area contributed by atoms with E-state index in [1.54, 1.807) is 19.1 Å². The van der Waals surface area contributed by atoms with Crippen LogP contribution >= 0.6 is 23.2 Å². The second kappa shape index (κ2) is 9.82. The lowest BCUT2D eigenvalue weighted by atomic mass is 10.1. The van der Waals surface area contributed by atoms with Crippen molar-refractivity contribution in [2.45, 2.75) is 18.7 Å². The molecule has 3 aromatic rings. The van der Waals surface area contributed by atoms with E-state index in [0.29, 0.717) is 5.69 Å². The molecule has 33 heavy (non-hydrogen) atoms. The van der Waals surface area contributed by atoms with Crippen molar-refractivity contribution in [3.63, 3.8) is 0 Å². The first kappa shape index (κ1) is 24.6. The van der Waals surface area contributed by atoms with Gasteiger partial charge in [0.15, 0.2) is 0 Å². The van der Waals surface area contributed by atoms with Crippen molar-refractivity contribution in [1.29, 1.82) is 0 Å². The zero-order valence-electron chi connectivity index (χ0n) is 17.9. The Kier molecular flexibility index (Phi) is 7.31. The Morgan fingerprint density at radius 2 is 1.52 bits per heavy atom. The SMILES string of the molecule is COC(=O)c1ccc(Cl)c(NC(=O)c2ccc(Cl)c(S(=O)(=O)Nc3cc(C)ccc3C)c2)c1. The lowest BCUT2D eigenvalue weighted by Crippen LogP contribution is -2.17. The average Bonchev–Trinajstić information content (AvgIpc) is 2.77. The van der Waals surface area contributed by atoms with Gasteiger partial charge in [0, 0.05) is 5.56 Å². The lowest BCUT2D eigenvalue weighted by molar-refractivity contribution is 0.0600. The number of methoxy groups -OCH3 is 1. The van der Waals surface area contributed by atoms with Crippen molar-refractivity contribution < 1.29 is 22.7 Å². The lowest BCUT2D eigenvalue weighted by Gasteiger charge is -2.14. The molecule has 0 fully saturated rings. The number of halogens is 2. The second-order valence-electron chi connectivity index (χ2n) is 7.21. The highest BCUT2D eigenvalue weighted by Gasteiger charge is 2.22. The second-order valence-corrected chi connectivity index (χ2v) is 9.67. The maximum absolute atomic E-state index is 13.0.